The molecule has 1 saturated heterocycles. The molecule has 3 nitrogen and oxygen atoms in total. The number of piperidine rings is 1. The number of nitrogens with zero attached hydrogens (tertiary/aromatic N) is 1. The van der Waals surface area contributed by atoms with Crippen LogP contribution < -0.4 is 5.48 Å². The van der Waals surface area contributed by atoms with Crippen molar-refractivity contribution in [1.29, 1.82) is 0 Å². The van der Waals surface area contributed by atoms with Gasteiger partial charge in [0, 0.05) is 18.8 Å². The van der Waals surface area contributed by atoms with E-state index in [-0.39, 0.29) is 0 Å². The lowest BCUT2D eigenvalue weighted by Gasteiger charge is -2.25. The molecule has 70 valence electrons. The van der Waals surface area contributed by atoms with Gasteiger partial charge in [-0.05, 0) is 19.8 Å². The number of hydrogen-bond donors (Lipinski definition) is 1. The Bertz CT molecular complexity index is 141. The van der Waals surface area contributed by atoms with Crippen molar-refractivity contribution in [1.82, 2.24) is 10.4 Å². The van der Waals surface area contributed by atoms with Crippen LogP contribution in [0.2, 0.25) is 0 Å². The first-order chi connectivity index (χ1) is 5.79. The van der Waals surface area contributed by atoms with Crippen LogP contribution in [0.15, 0.2) is 12.3 Å². The summed E-state index contributed by atoms with van der Waals surface area (Å²) in [5.74, 6) is 0. The first-order valence-electron chi connectivity index (χ1n) is 4.55. The minimum Gasteiger partial charge on any atom is -0.279 e. The van der Waals surface area contributed by atoms with Crippen LogP contribution in [0.4, 0.5) is 0 Å². The number of nitrogens with one attached hydrogen (secondary N) is 1. The predicted octanol–water partition coefficient (Wildman–Crippen LogP) is 1.48. The molecule has 0 spiro atoms. The third-order valence-corrected chi connectivity index (χ3v) is 1.94. The van der Waals surface area contributed by atoms with Crippen LogP contribution in [-0.4, -0.2) is 24.7 Å². The smallest absolute Gasteiger partial charge is 0.127 e. The third kappa shape index (κ3) is 3.74. The van der Waals surface area contributed by atoms with Crippen LogP contribution in [0.25, 0.3) is 0 Å². The van der Waals surface area contributed by atoms with Gasteiger partial charge in [-0.3, -0.25) is 15.2 Å². The molecule has 1 heterocycles. The van der Waals surface area contributed by atoms with E-state index in [9.17, 15) is 0 Å². The Hall–Kier alpha value is -0.540. The zero-order valence-electron chi connectivity index (χ0n) is 7.81. The molecule has 0 saturated carbocycles. The number of allylic oxidation sites excluding steroid dienone is 1. The molecule has 0 bridgehead atoms. The van der Waals surface area contributed by atoms with Gasteiger partial charge in [-0.2, -0.15) is 0 Å². The van der Waals surface area contributed by atoms with Gasteiger partial charge >= 0.3 is 0 Å². The largest absolute Gasteiger partial charge is 0.279 e. The lowest BCUT2D eigenvalue weighted by molar-refractivity contribution is -0.0258. The maximum absolute atomic E-state index is 5.21. The number of likely N-dealkylation sites (tertiary alicyclic amines) is 1. The van der Waals surface area contributed by atoms with Crippen LogP contribution in [0.3, 0.4) is 0 Å². The second-order valence-corrected chi connectivity index (χ2v) is 3.33. The van der Waals surface area contributed by atoms with E-state index in [1.807, 2.05) is 6.92 Å². The summed E-state index contributed by atoms with van der Waals surface area (Å²) in [7, 11) is 0. The van der Waals surface area contributed by atoms with Crippen molar-refractivity contribution in [3.05, 3.63) is 12.3 Å². The highest BCUT2D eigenvalue weighted by molar-refractivity contribution is 4.79. The number of hydrogen-bond acceptors (Lipinski definition) is 3. The molecule has 0 unspecified atom stereocenters. The van der Waals surface area contributed by atoms with Crippen molar-refractivity contribution >= 4 is 0 Å². The van der Waals surface area contributed by atoms with E-state index in [2.05, 4.69) is 17.0 Å². The maximum atomic E-state index is 5.21. The summed E-state index contributed by atoms with van der Waals surface area (Å²) in [6, 6.07) is 0. The first kappa shape index (κ1) is 9.55. The van der Waals surface area contributed by atoms with E-state index >= 15 is 0 Å². The van der Waals surface area contributed by atoms with Crippen LogP contribution in [0.5, 0.6) is 0 Å². The highest BCUT2D eigenvalue weighted by atomic mass is 16.7. The summed E-state index contributed by atoms with van der Waals surface area (Å²) in [6.07, 6.45) is 3.97. The van der Waals surface area contributed by atoms with E-state index < -0.39 is 0 Å². The predicted molar refractivity (Wildman–Crippen MR) is 49.3 cm³/mol. The lowest BCUT2D eigenvalue weighted by Crippen LogP contribution is -2.34. The summed E-state index contributed by atoms with van der Waals surface area (Å²) < 4.78 is 0. The Morgan fingerprint density at radius 1 is 1.42 bits per heavy atom. The molecule has 1 aliphatic heterocycles. The van der Waals surface area contributed by atoms with E-state index in [1.165, 1.54) is 19.3 Å². The van der Waals surface area contributed by atoms with Crippen molar-refractivity contribution in [2.24, 2.45) is 0 Å². The van der Waals surface area contributed by atoms with Gasteiger partial charge in [0.1, 0.15) is 6.73 Å². The molecule has 1 fully saturated rings. The third-order valence-electron chi connectivity index (χ3n) is 1.94. The Balaban J connectivity index is 2.01. The molecule has 0 amide bonds. The molecule has 0 radical (unpaired) electrons. The monoisotopic (exact) mass is 170 g/mol. The van der Waals surface area contributed by atoms with Crippen LogP contribution in [-0.2, 0) is 4.84 Å². The lowest BCUT2D eigenvalue weighted by atomic mass is 10.1. The summed E-state index contributed by atoms with van der Waals surface area (Å²) >= 11 is 0. The Morgan fingerprint density at radius 3 is 2.67 bits per heavy atom. The van der Waals surface area contributed by atoms with Crippen molar-refractivity contribution < 1.29 is 4.84 Å². The van der Waals surface area contributed by atoms with Crippen molar-refractivity contribution in [3.63, 3.8) is 0 Å². The van der Waals surface area contributed by atoms with Gasteiger partial charge in [0.25, 0.3) is 0 Å². The van der Waals surface area contributed by atoms with E-state index in [0.29, 0.717) is 6.73 Å². The van der Waals surface area contributed by atoms with Gasteiger partial charge in [0.15, 0.2) is 0 Å². The van der Waals surface area contributed by atoms with Gasteiger partial charge in [-0.1, -0.05) is 13.0 Å². The molecule has 0 aliphatic carbocycles. The molecule has 1 N–H and O–H groups in total. The highest BCUT2D eigenvalue weighted by Crippen LogP contribution is 2.07. The molecule has 0 atom stereocenters. The standard InChI is InChI=1S/C9H18N2O/c1-9(2)10-12-8-11-6-4-3-5-7-11/h10H,1,3-8H2,2H3. The molecular weight excluding hydrogens is 152 g/mol. The van der Waals surface area contributed by atoms with E-state index in [0.717, 1.165) is 18.8 Å². The molecular formula is C9H18N2O. The summed E-state index contributed by atoms with van der Waals surface area (Å²) in [5, 5.41) is 0. The fraction of sp³-hybridized carbons (Fsp3) is 0.778. The zero-order valence-corrected chi connectivity index (χ0v) is 7.81. The topological polar surface area (TPSA) is 24.5 Å². The Labute approximate surface area is 74.3 Å². The molecule has 0 aromatic rings. The molecule has 12 heavy (non-hydrogen) atoms. The first-order valence-corrected chi connectivity index (χ1v) is 4.55. The van der Waals surface area contributed by atoms with Gasteiger partial charge in [-0.25, -0.2) is 0 Å². The average molecular weight is 170 g/mol. The molecule has 1 rings (SSSR count). The average Bonchev–Trinajstić information content (AvgIpc) is 2.05. The quantitative estimate of drug-likeness (QED) is 0.647. The normalized spacial score (nSPS) is 19.1. The molecule has 0 aromatic heterocycles. The minimum atomic E-state index is 0.673. The van der Waals surface area contributed by atoms with Gasteiger partial charge in [0.2, 0.25) is 0 Å². The Kier molecular flexibility index (Phi) is 4.11. The van der Waals surface area contributed by atoms with Gasteiger partial charge < -0.3 is 0 Å². The number of rotatable bonds is 4. The molecule has 1 aliphatic rings. The van der Waals surface area contributed by atoms with Crippen molar-refractivity contribution in [2.45, 2.75) is 26.2 Å². The summed E-state index contributed by atoms with van der Waals surface area (Å²) in [5.41, 5.74) is 3.61. The second-order valence-electron chi connectivity index (χ2n) is 3.33. The SMILES string of the molecule is C=C(C)NOCN1CCCCC1. The van der Waals surface area contributed by atoms with E-state index in [1.54, 1.807) is 0 Å². The van der Waals surface area contributed by atoms with Crippen molar-refractivity contribution in [2.75, 3.05) is 19.8 Å². The fourth-order valence-corrected chi connectivity index (χ4v) is 1.34. The molecule has 3 heteroatoms. The molecule has 0 aromatic carbocycles. The number of hydroxylamine groups is 1. The highest BCUT2D eigenvalue weighted by Gasteiger charge is 2.08. The maximum Gasteiger partial charge on any atom is 0.127 e. The minimum absolute atomic E-state index is 0.673. The summed E-state index contributed by atoms with van der Waals surface area (Å²) in [4.78, 5) is 7.52. The van der Waals surface area contributed by atoms with Crippen LogP contribution >= 0.6 is 0 Å². The van der Waals surface area contributed by atoms with Crippen molar-refractivity contribution in [3.8, 4) is 0 Å². The van der Waals surface area contributed by atoms with E-state index in [4.69, 9.17) is 4.84 Å². The van der Waals surface area contributed by atoms with Gasteiger partial charge in [-0.15, -0.1) is 0 Å². The Morgan fingerprint density at radius 2 is 2.08 bits per heavy atom. The zero-order chi connectivity index (χ0) is 8.81. The van der Waals surface area contributed by atoms with Crippen LogP contribution in [0.1, 0.15) is 26.2 Å². The second kappa shape index (κ2) is 5.17. The van der Waals surface area contributed by atoms with Gasteiger partial charge in [0.05, 0.1) is 0 Å². The fourth-order valence-electron chi connectivity index (χ4n) is 1.34. The summed E-state index contributed by atoms with van der Waals surface area (Å²) in [6.45, 7) is 8.57. The van der Waals surface area contributed by atoms with Crippen LogP contribution in [0, 0.1) is 0 Å².